The van der Waals surface area contributed by atoms with Crippen molar-refractivity contribution in [1.29, 1.82) is 0 Å². The van der Waals surface area contributed by atoms with Crippen LogP contribution >= 0.6 is 0 Å². The molecule has 0 radical (unpaired) electrons. The number of aromatic nitrogens is 1. The van der Waals surface area contributed by atoms with E-state index in [0.717, 1.165) is 24.9 Å². The van der Waals surface area contributed by atoms with Crippen molar-refractivity contribution < 1.29 is 32.3 Å². The first kappa shape index (κ1) is 32.8. The third-order valence-electron chi connectivity index (χ3n) is 7.62. The van der Waals surface area contributed by atoms with E-state index in [2.05, 4.69) is 5.16 Å². The Labute approximate surface area is 244 Å². The first-order chi connectivity index (χ1) is 19.3. The third-order valence-corrected chi connectivity index (χ3v) is 9.69. The summed E-state index contributed by atoms with van der Waals surface area (Å²) >= 11 is 0. The molecule has 1 aliphatic heterocycles. The van der Waals surface area contributed by atoms with Gasteiger partial charge in [0, 0.05) is 52.4 Å². The van der Waals surface area contributed by atoms with E-state index in [4.69, 9.17) is 14.0 Å². The largest absolute Gasteiger partial charge is 0.490 e. The predicted molar refractivity (Wildman–Crippen MR) is 157 cm³/mol. The number of aliphatic hydroxyl groups is 1. The normalized spacial score (nSPS) is 22.1. The van der Waals surface area contributed by atoms with Crippen LogP contribution in [0.1, 0.15) is 61.8 Å². The highest BCUT2D eigenvalue weighted by atomic mass is 32.2. The molecule has 12 heteroatoms. The minimum Gasteiger partial charge on any atom is -0.490 e. The summed E-state index contributed by atoms with van der Waals surface area (Å²) in [5, 5.41) is 13.9. The monoisotopic (exact) mass is 594 g/mol. The van der Waals surface area contributed by atoms with E-state index in [9.17, 15) is 18.3 Å². The van der Waals surface area contributed by atoms with E-state index in [1.165, 1.54) is 11.4 Å². The van der Waals surface area contributed by atoms with Crippen LogP contribution in [-0.4, -0.2) is 99.5 Å². The Morgan fingerprint density at radius 3 is 2.49 bits per heavy atom. The molecular formula is C29H46N4O7S. The molecule has 2 heterocycles. The number of nitrogens with zero attached hydrogens (tertiary/aromatic N) is 4. The fourth-order valence-corrected chi connectivity index (χ4v) is 6.47. The number of ether oxygens (including phenoxy) is 2. The lowest BCUT2D eigenvalue weighted by Gasteiger charge is -2.35. The van der Waals surface area contributed by atoms with Gasteiger partial charge in [0.15, 0.2) is 5.76 Å². The van der Waals surface area contributed by atoms with Gasteiger partial charge >= 0.3 is 0 Å². The number of sulfonamides is 1. The summed E-state index contributed by atoms with van der Waals surface area (Å²) in [7, 11) is 1.44. The van der Waals surface area contributed by atoms with Crippen LogP contribution in [0.25, 0.3) is 0 Å². The quantitative estimate of drug-likeness (QED) is 0.513. The Morgan fingerprint density at radius 2 is 1.88 bits per heavy atom. The van der Waals surface area contributed by atoms with Gasteiger partial charge in [-0.05, 0) is 65.2 Å². The maximum absolute atomic E-state index is 14.1. The lowest BCUT2D eigenvalue weighted by molar-refractivity contribution is -0.00835. The van der Waals surface area contributed by atoms with Crippen molar-refractivity contribution >= 4 is 21.6 Å². The molecule has 11 nitrogen and oxygen atoms in total. The second-order valence-electron chi connectivity index (χ2n) is 11.3. The number of carbonyl (C=O) groups is 1. The lowest BCUT2D eigenvalue weighted by Crippen LogP contribution is -2.48. The summed E-state index contributed by atoms with van der Waals surface area (Å²) in [6, 6.07) is 5.08. The zero-order chi connectivity index (χ0) is 30.5. The van der Waals surface area contributed by atoms with Crippen molar-refractivity contribution in [3.05, 3.63) is 35.2 Å². The van der Waals surface area contributed by atoms with Gasteiger partial charge in [0.2, 0.25) is 10.0 Å². The molecule has 41 heavy (non-hydrogen) atoms. The molecule has 0 spiro atoms. The van der Waals surface area contributed by atoms with Gasteiger partial charge in [-0.15, -0.1) is 0 Å². The molecular weight excluding hydrogens is 548 g/mol. The zero-order valence-electron chi connectivity index (χ0n) is 25.6. The van der Waals surface area contributed by atoms with E-state index in [0.29, 0.717) is 23.6 Å². The van der Waals surface area contributed by atoms with E-state index < -0.39 is 22.2 Å². The van der Waals surface area contributed by atoms with E-state index in [1.807, 2.05) is 51.0 Å². The number of likely N-dealkylation sites (N-methyl/N-ethyl adjacent to an activating group) is 1. The number of fused-ring (bicyclic) bond motifs is 1. The van der Waals surface area contributed by atoms with Gasteiger partial charge < -0.3 is 28.9 Å². The number of aliphatic hydroxyl groups excluding tert-OH is 1. The van der Waals surface area contributed by atoms with Gasteiger partial charge in [0.1, 0.15) is 16.3 Å². The Balaban J connectivity index is 1.98. The summed E-state index contributed by atoms with van der Waals surface area (Å²) in [6.45, 7) is 9.40. The van der Waals surface area contributed by atoms with Crippen molar-refractivity contribution in [2.45, 2.75) is 77.0 Å². The number of hydrogen-bond donors (Lipinski definition) is 1. The first-order valence-electron chi connectivity index (χ1n) is 14.2. The number of aryl methyl sites for hydroxylation is 2. The van der Waals surface area contributed by atoms with E-state index in [1.54, 1.807) is 25.7 Å². The zero-order valence-corrected chi connectivity index (χ0v) is 26.4. The summed E-state index contributed by atoms with van der Waals surface area (Å²) in [4.78, 5) is 17.7. The Hall–Kier alpha value is -2.67. The minimum atomic E-state index is -3.89. The lowest BCUT2D eigenvalue weighted by atomic mass is 10.0. The first-order valence-corrected chi connectivity index (χ1v) is 15.6. The third kappa shape index (κ3) is 7.79. The number of hydrogen-bond acceptors (Lipinski definition) is 9. The molecule has 0 saturated heterocycles. The molecule has 0 bridgehead atoms. The second kappa shape index (κ2) is 14.0. The highest BCUT2D eigenvalue weighted by Crippen LogP contribution is 2.30. The van der Waals surface area contributed by atoms with Crippen molar-refractivity contribution in [2.75, 3.05) is 52.3 Å². The number of rotatable bonds is 7. The van der Waals surface area contributed by atoms with Crippen LogP contribution in [0, 0.1) is 19.8 Å². The molecule has 1 aromatic heterocycles. The number of anilines is 1. The van der Waals surface area contributed by atoms with Gasteiger partial charge in [0.05, 0.1) is 30.4 Å². The van der Waals surface area contributed by atoms with Crippen LogP contribution < -0.4 is 9.64 Å². The van der Waals surface area contributed by atoms with Gasteiger partial charge in [-0.2, -0.15) is 4.31 Å². The van der Waals surface area contributed by atoms with E-state index >= 15 is 0 Å². The summed E-state index contributed by atoms with van der Waals surface area (Å²) < 4.78 is 45.8. The Morgan fingerprint density at radius 1 is 1.17 bits per heavy atom. The standard InChI is InChI=1S/C29H46N4O7S/c1-19-16-33(20(2)18-34)29(35)25-15-24(31(6)7)12-13-26(25)39-21(3)11-9-10-14-38-27(19)17-32(8)41(36,37)28-22(4)30-40-23(28)5/h12-13,15,19-21,27,34H,9-11,14,16-18H2,1-8H3/t19-,20-,21+,27-/m0/s1. The minimum absolute atomic E-state index is 0.0570. The molecule has 1 aliphatic rings. The number of amides is 1. The van der Waals surface area contributed by atoms with Crippen LogP contribution in [0.15, 0.2) is 27.6 Å². The average Bonchev–Trinajstić information content (AvgIpc) is 3.27. The molecule has 0 unspecified atom stereocenters. The van der Waals surface area contributed by atoms with Crippen LogP contribution in [0.5, 0.6) is 5.75 Å². The molecule has 1 N–H and O–H groups in total. The second-order valence-corrected chi connectivity index (χ2v) is 13.3. The van der Waals surface area contributed by atoms with Crippen molar-refractivity contribution in [3.63, 3.8) is 0 Å². The maximum atomic E-state index is 14.1. The fraction of sp³-hybridized carbons (Fsp3) is 0.655. The van der Waals surface area contributed by atoms with Crippen LogP contribution in [0.3, 0.4) is 0 Å². The highest BCUT2D eigenvalue weighted by Gasteiger charge is 2.34. The predicted octanol–water partition coefficient (Wildman–Crippen LogP) is 3.47. The number of carbonyl (C=O) groups excluding carboxylic acids is 1. The van der Waals surface area contributed by atoms with Crippen LogP contribution in [-0.2, 0) is 14.8 Å². The Kier molecular flexibility index (Phi) is 11.2. The number of benzene rings is 1. The molecule has 4 atom stereocenters. The summed E-state index contributed by atoms with van der Waals surface area (Å²) in [5.74, 6) is 0.205. The molecule has 0 fully saturated rings. The van der Waals surface area contributed by atoms with Crippen molar-refractivity contribution in [2.24, 2.45) is 5.92 Å². The molecule has 0 saturated carbocycles. The summed E-state index contributed by atoms with van der Waals surface area (Å²) in [6.07, 6.45) is 1.76. The van der Waals surface area contributed by atoms with Gasteiger partial charge in [-0.1, -0.05) is 12.1 Å². The van der Waals surface area contributed by atoms with Crippen molar-refractivity contribution in [3.8, 4) is 5.75 Å². The van der Waals surface area contributed by atoms with Crippen LogP contribution in [0.4, 0.5) is 5.69 Å². The maximum Gasteiger partial charge on any atom is 0.258 e. The topological polar surface area (TPSA) is 126 Å². The van der Waals surface area contributed by atoms with Gasteiger partial charge in [-0.25, -0.2) is 8.42 Å². The van der Waals surface area contributed by atoms with Crippen LogP contribution in [0.2, 0.25) is 0 Å². The SMILES string of the molecule is Cc1noc(C)c1S(=O)(=O)N(C)C[C@@H]1OCCCC[C@@H](C)Oc2ccc(N(C)C)cc2C(=O)N([C@@H](C)CO)C[C@@H]1C. The fourth-order valence-electron chi connectivity index (χ4n) is 5.00. The molecule has 2 aromatic rings. The molecule has 230 valence electrons. The average molecular weight is 595 g/mol. The summed E-state index contributed by atoms with van der Waals surface area (Å²) in [5.41, 5.74) is 1.57. The molecule has 1 aromatic carbocycles. The molecule has 0 aliphatic carbocycles. The smallest absolute Gasteiger partial charge is 0.258 e. The Bertz CT molecular complexity index is 1260. The van der Waals surface area contributed by atoms with E-state index in [-0.39, 0.29) is 48.3 Å². The van der Waals surface area contributed by atoms with Crippen molar-refractivity contribution in [1.82, 2.24) is 14.4 Å². The van der Waals surface area contributed by atoms with Gasteiger partial charge in [-0.3, -0.25) is 4.79 Å². The van der Waals surface area contributed by atoms with Gasteiger partial charge in [0.25, 0.3) is 5.91 Å². The highest BCUT2D eigenvalue weighted by molar-refractivity contribution is 7.89. The molecule has 3 rings (SSSR count). The molecule has 1 amide bonds.